The highest BCUT2D eigenvalue weighted by Gasteiger charge is 2.24. The van der Waals surface area contributed by atoms with Crippen LogP contribution in [0.5, 0.6) is 0 Å². The second kappa shape index (κ2) is 13.4. The Labute approximate surface area is 366 Å². The number of hydrogen-bond donors (Lipinski definition) is 0. The number of hydrogen-bond acceptors (Lipinski definition) is 4. The normalized spacial score (nSPS) is 12.1. The van der Waals surface area contributed by atoms with Gasteiger partial charge < -0.3 is 8.98 Å². The van der Waals surface area contributed by atoms with Crippen molar-refractivity contribution >= 4 is 97.6 Å². The maximum Gasteiger partial charge on any atom is 0.167 e. The van der Waals surface area contributed by atoms with Gasteiger partial charge in [0.25, 0.3) is 0 Å². The van der Waals surface area contributed by atoms with E-state index in [0.29, 0.717) is 17.5 Å². The number of nitrogens with zero attached hydrogens (tertiary/aromatic N) is 4. The first-order valence-corrected chi connectivity index (χ1v) is 21.7. The molecular weight excluding hydrogens is 781 g/mol. The molecule has 3 heterocycles. The number of fused-ring (bicyclic) bond motifs is 13. The Hall–Kier alpha value is -8.67. The lowest BCUT2D eigenvalue weighted by atomic mass is 9.96. The molecule has 0 atom stereocenters. The Balaban J connectivity index is 1.10. The van der Waals surface area contributed by atoms with Crippen LogP contribution in [0.3, 0.4) is 0 Å². The number of rotatable bonds is 4. The lowest BCUT2D eigenvalue weighted by Crippen LogP contribution is -2.02. The van der Waals surface area contributed by atoms with Crippen molar-refractivity contribution in [3.63, 3.8) is 0 Å². The van der Waals surface area contributed by atoms with Crippen molar-refractivity contribution < 1.29 is 4.42 Å². The highest BCUT2D eigenvalue weighted by atomic mass is 16.3. The van der Waals surface area contributed by atoms with E-state index in [1.165, 1.54) is 26.9 Å². The van der Waals surface area contributed by atoms with Crippen molar-refractivity contribution in [2.45, 2.75) is 0 Å². The molecule has 64 heavy (non-hydrogen) atoms. The molecule has 0 N–H and O–H groups in total. The summed E-state index contributed by atoms with van der Waals surface area (Å²) in [7, 11) is 0. The molecule has 0 amide bonds. The second-order valence-electron chi connectivity index (χ2n) is 16.7. The van der Waals surface area contributed by atoms with Crippen molar-refractivity contribution in [2.75, 3.05) is 0 Å². The number of aromatic nitrogens is 4. The van der Waals surface area contributed by atoms with Gasteiger partial charge in [0.2, 0.25) is 0 Å². The van der Waals surface area contributed by atoms with E-state index < -0.39 is 0 Å². The third kappa shape index (κ3) is 5.15. The molecule has 5 nitrogen and oxygen atoms in total. The molecule has 14 aromatic rings. The predicted octanol–water partition coefficient (Wildman–Crippen LogP) is 15.6. The van der Waals surface area contributed by atoms with Crippen molar-refractivity contribution in [1.82, 2.24) is 19.5 Å². The van der Waals surface area contributed by atoms with Gasteiger partial charge in [-0.15, -0.1) is 0 Å². The van der Waals surface area contributed by atoms with E-state index in [-0.39, 0.29) is 0 Å². The van der Waals surface area contributed by atoms with Crippen LogP contribution in [0, 0.1) is 0 Å². The topological polar surface area (TPSA) is 56.7 Å². The highest BCUT2D eigenvalue weighted by molar-refractivity contribution is 6.22. The minimum absolute atomic E-state index is 0.540. The zero-order valence-corrected chi connectivity index (χ0v) is 34.3. The van der Waals surface area contributed by atoms with E-state index in [1.807, 2.05) is 0 Å². The fourth-order valence-corrected chi connectivity index (χ4v) is 10.2. The van der Waals surface area contributed by atoms with Crippen molar-refractivity contribution in [1.29, 1.82) is 0 Å². The standard InChI is InChI=1S/C59H34N4O/c1-2-15-37-31-41(26-25-35(37)13-1)57-60-58(62-59(61-57)50-33-40-18-6-7-19-42(40)44-21-9-10-22-45(44)50)48-29-30-52(54-47-28-27-36-14-5-8-20-43(36)55(47)64-56(48)54)63-51-24-12-11-23-46(51)49-32-38-16-3-4-17-39(38)34-53(49)63/h1-34H. The van der Waals surface area contributed by atoms with Gasteiger partial charge in [-0.3, -0.25) is 0 Å². The molecule has 11 aromatic carbocycles. The van der Waals surface area contributed by atoms with Gasteiger partial charge in [-0.1, -0.05) is 158 Å². The molecule has 0 aliphatic heterocycles. The van der Waals surface area contributed by atoms with Crippen LogP contribution < -0.4 is 0 Å². The van der Waals surface area contributed by atoms with E-state index in [0.717, 1.165) is 93.1 Å². The van der Waals surface area contributed by atoms with Crippen LogP contribution in [0.2, 0.25) is 0 Å². The summed E-state index contributed by atoms with van der Waals surface area (Å²) in [5.41, 5.74) is 7.49. The molecule has 0 unspecified atom stereocenters. The monoisotopic (exact) mass is 814 g/mol. The molecule has 0 bridgehead atoms. The molecule has 0 fully saturated rings. The van der Waals surface area contributed by atoms with Crippen LogP contribution in [0.25, 0.3) is 137 Å². The number of benzene rings is 11. The molecule has 0 aliphatic rings. The molecule has 5 heteroatoms. The van der Waals surface area contributed by atoms with Crippen LogP contribution in [-0.2, 0) is 0 Å². The summed E-state index contributed by atoms with van der Waals surface area (Å²) < 4.78 is 9.66. The lowest BCUT2D eigenvalue weighted by molar-refractivity contribution is 0.673. The minimum Gasteiger partial charge on any atom is -0.455 e. The average molecular weight is 815 g/mol. The minimum atomic E-state index is 0.540. The van der Waals surface area contributed by atoms with Gasteiger partial charge in [0.1, 0.15) is 11.2 Å². The molecule has 0 saturated heterocycles. The summed E-state index contributed by atoms with van der Waals surface area (Å²) >= 11 is 0. The van der Waals surface area contributed by atoms with E-state index in [9.17, 15) is 0 Å². The lowest BCUT2D eigenvalue weighted by Gasteiger charge is -2.14. The summed E-state index contributed by atoms with van der Waals surface area (Å²) in [6.45, 7) is 0. The molecule has 0 spiro atoms. The summed E-state index contributed by atoms with van der Waals surface area (Å²) in [5, 5.41) is 15.8. The maximum atomic E-state index is 7.25. The van der Waals surface area contributed by atoms with Gasteiger partial charge in [-0.25, -0.2) is 15.0 Å². The van der Waals surface area contributed by atoms with E-state index >= 15 is 0 Å². The first-order valence-electron chi connectivity index (χ1n) is 21.7. The summed E-state index contributed by atoms with van der Waals surface area (Å²) in [6, 6.07) is 73.3. The molecule has 3 aromatic heterocycles. The van der Waals surface area contributed by atoms with Gasteiger partial charge in [-0.05, 0) is 97.0 Å². The third-order valence-electron chi connectivity index (χ3n) is 13.2. The van der Waals surface area contributed by atoms with Gasteiger partial charge in [0.05, 0.1) is 27.7 Å². The van der Waals surface area contributed by atoms with Crippen molar-refractivity contribution in [2.24, 2.45) is 0 Å². The van der Waals surface area contributed by atoms with Crippen LogP contribution in [-0.4, -0.2) is 19.5 Å². The molecule has 0 radical (unpaired) electrons. The van der Waals surface area contributed by atoms with E-state index in [2.05, 4.69) is 211 Å². The molecule has 0 aliphatic carbocycles. The Kier molecular flexibility index (Phi) is 7.33. The Morgan fingerprint density at radius 1 is 0.312 bits per heavy atom. The third-order valence-corrected chi connectivity index (χ3v) is 13.2. The van der Waals surface area contributed by atoms with Crippen LogP contribution >= 0.6 is 0 Å². The van der Waals surface area contributed by atoms with E-state index in [4.69, 9.17) is 19.4 Å². The SMILES string of the molecule is c1ccc2cc(-c3nc(-c4cc5ccccc5c5ccccc45)nc(-c4ccc(-n5c6ccccc6c6cc7ccccc7cc65)c5c4oc4c6ccccc6ccc45)n3)ccc2c1. The zero-order valence-electron chi connectivity index (χ0n) is 34.3. The molecule has 14 rings (SSSR count). The fraction of sp³-hybridized carbons (Fsp3) is 0. The predicted molar refractivity (Wildman–Crippen MR) is 265 cm³/mol. The summed E-state index contributed by atoms with van der Waals surface area (Å²) in [6.07, 6.45) is 0. The highest BCUT2D eigenvalue weighted by Crippen LogP contribution is 2.45. The van der Waals surface area contributed by atoms with E-state index in [1.54, 1.807) is 0 Å². The Bertz CT molecular complexity index is 4270. The first-order chi connectivity index (χ1) is 31.7. The zero-order chi connectivity index (χ0) is 41.9. The number of furan rings is 1. The van der Waals surface area contributed by atoms with Crippen molar-refractivity contribution in [3.8, 4) is 39.9 Å². The van der Waals surface area contributed by atoms with Gasteiger partial charge in [0.15, 0.2) is 17.5 Å². The summed E-state index contributed by atoms with van der Waals surface area (Å²) in [4.78, 5) is 16.1. The van der Waals surface area contributed by atoms with Crippen LogP contribution in [0.4, 0.5) is 0 Å². The number of para-hydroxylation sites is 1. The largest absolute Gasteiger partial charge is 0.455 e. The van der Waals surface area contributed by atoms with Gasteiger partial charge in [-0.2, -0.15) is 0 Å². The maximum absolute atomic E-state index is 7.25. The first kappa shape index (κ1) is 35.0. The smallest absolute Gasteiger partial charge is 0.167 e. The van der Waals surface area contributed by atoms with Crippen LogP contribution in [0.1, 0.15) is 0 Å². The summed E-state index contributed by atoms with van der Waals surface area (Å²) in [5.74, 6) is 1.73. The fourth-order valence-electron chi connectivity index (χ4n) is 10.2. The molecule has 296 valence electrons. The van der Waals surface area contributed by atoms with Crippen LogP contribution in [0.15, 0.2) is 211 Å². The molecule has 0 saturated carbocycles. The van der Waals surface area contributed by atoms with Crippen molar-refractivity contribution in [3.05, 3.63) is 206 Å². The quantitative estimate of drug-likeness (QED) is 0.166. The average Bonchev–Trinajstić information content (AvgIpc) is 3.91. The Morgan fingerprint density at radius 3 is 1.72 bits per heavy atom. The van der Waals surface area contributed by atoms with Gasteiger partial charge in [0, 0.05) is 32.7 Å². The van der Waals surface area contributed by atoms with Gasteiger partial charge >= 0.3 is 0 Å². The second-order valence-corrected chi connectivity index (χ2v) is 16.7. The Morgan fingerprint density at radius 2 is 0.906 bits per heavy atom. The molecular formula is C59H34N4O.